The fourth-order valence-corrected chi connectivity index (χ4v) is 1.87. The lowest BCUT2D eigenvalue weighted by molar-refractivity contribution is 0.858. The first-order valence-corrected chi connectivity index (χ1v) is 5.26. The Morgan fingerprint density at radius 1 is 1.24 bits per heavy atom. The van der Waals surface area contributed by atoms with E-state index in [1.807, 2.05) is 37.3 Å². The van der Waals surface area contributed by atoms with Gasteiger partial charge in [0.25, 0.3) is 5.56 Å². The van der Waals surface area contributed by atoms with Crippen molar-refractivity contribution in [3.63, 3.8) is 0 Å². The molecule has 0 saturated heterocycles. The zero-order valence-corrected chi connectivity index (χ0v) is 9.21. The van der Waals surface area contributed by atoms with Crippen molar-refractivity contribution in [2.45, 2.75) is 6.92 Å². The number of fused-ring (bicyclic) bond motifs is 1. The van der Waals surface area contributed by atoms with Crippen LogP contribution < -0.4 is 5.56 Å². The highest BCUT2D eigenvalue weighted by Crippen LogP contribution is 2.17. The predicted octanol–water partition coefficient (Wildman–Crippen LogP) is 1.42. The fourth-order valence-electron chi connectivity index (χ4n) is 1.87. The van der Waals surface area contributed by atoms with Gasteiger partial charge in [0.1, 0.15) is 0 Å². The van der Waals surface area contributed by atoms with Crippen LogP contribution in [0.25, 0.3) is 16.6 Å². The normalized spacial score (nSPS) is 10.9. The summed E-state index contributed by atoms with van der Waals surface area (Å²) < 4.78 is 1.75. The lowest BCUT2D eigenvalue weighted by Crippen LogP contribution is -2.07. The monoisotopic (exact) mass is 226 g/mol. The van der Waals surface area contributed by atoms with E-state index in [1.165, 1.54) is 0 Å². The van der Waals surface area contributed by atoms with E-state index in [4.69, 9.17) is 0 Å². The summed E-state index contributed by atoms with van der Waals surface area (Å²) in [7, 11) is 0. The van der Waals surface area contributed by atoms with Crippen molar-refractivity contribution < 1.29 is 0 Å². The van der Waals surface area contributed by atoms with E-state index < -0.39 is 0 Å². The second-order valence-corrected chi connectivity index (χ2v) is 3.79. The Hall–Kier alpha value is -2.43. The summed E-state index contributed by atoms with van der Waals surface area (Å²) in [6.45, 7) is 1.92. The van der Waals surface area contributed by atoms with Crippen LogP contribution in [0.5, 0.6) is 0 Å². The van der Waals surface area contributed by atoms with Crippen molar-refractivity contribution in [2.24, 2.45) is 0 Å². The van der Waals surface area contributed by atoms with E-state index in [2.05, 4.69) is 15.3 Å². The van der Waals surface area contributed by atoms with Crippen molar-refractivity contribution in [3.05, 3.63) is 52.6 Å². The Balaban J connectivity index is 2.36. The van der Waals surface area contributed by atoms with Crippen LogP contribution >= 0.6 is 0 Å². The van der Waals surface area contributed by atoms with E-state index in [-0.39, 0.29) is 5.56 Å². The van der Waals surface area contributed by atoms with Crippen LogP contribution in [0.1, 0.15) is 5.69 Å². The molecule has 5 heteroatoms. The van der Waals surface area contributed by atoms with Gasteiger partial charge in [0, 0.05) is 5.39 Å². The molecule has 2 aromatic heterocycles. The van der Waals surface area contributed by atoms with Gasteiger partial charge in [0.05, 0.1) is 17.6 Å². The van der Waals surface area contributed by atoms with Crippen LogP contribution in [0.15, 0.2) is 41.3 Å². The molecule has 1 N–H and O–H groups in total. The summed E-state index contributed by atoms with van der Waals surface area (Å²) in [4.78, 5) is 11.6. The molecular formula is C12H10N4O. The number of benzene rings is 1. The number of H-pyrrole nitrogens is 1. The average molecular weight is 226 g/mol. The number of nitrogens with zero attached hydrogens (tertiary/aromatic N) is 3. The molecule has 0 aliphatic carbocycles. The molecular weight excluding hydrogens is 216 g/mol. The van der Waals surface area contributed by atoms with E-state index in [1.54, 1.807) is 10.9 Å². The SMILES string of the molecule is Cc1c2cn[nH]c(=O)c2nn1-c1ccccc1. The highest BCUT2D eigenvalue weighted by molar-refractivity contribution is 5.80. The molecule has 17 heavy (non-hydrogen) atoms. The quantitative estimate of drug-likeness (QED) is 0.682. The molecule has 0 aliphatic heterocycles. The molecule has 3 aromatic rings. The predicted molar refractivity (Wildman–Crippen MR) is 64.2 cm³/mol. The second kappa shape index (κ2) is 3.55. The Kier molecular flexibility index (Phi) is 2.04. The highest BCUT2D eigenvalue weighted by atomic mass is 16.1. The van der Waals surface area contributed by atoms with Gasteiger partial charge in [-0.05, 0) is 19.1 Å². The van der Waals surface area contributed by atoms with Gasteiger partial charge in [-0.25, -0.2) is 9.78 Å². The van der Waals surface area contributed by atoms with Crippen LogP contribution in [0.3, 0.4) is 0 Å². The molecule has 0 unspecified atom stereocenters. The molecule has 0 bridgehead atoms. The summed E-state index contributed by atoms with van der Waals surface area (Å²) in [5, 5.41) is 11.3. The maximum Gasteiger partial charge on any atom is 0.292 e. The maximum absolute atomic E-state index is 11.6. The summed E-state index contributed by atoms with van der Waals surface area (Å²) in [6, 6.07) is 9.70. The zero-order chi connectivity index (χ0) is 11.8. The standard InChI is InChI=1S/C12H10N4O/c1-8-10-7-13-14-12(17)11(10)15-16(8)9-5-3-2-4-6-9/h2-7H,1H3,(H,14,17). The Morgan fingerprint density at radius 2 is 2.00 bits per heavy atom. The molecule has 0 radical (unpaired) electrons. The van der Waals surface area contributed by atoms with Crippen LogP contribution in [-0.2, 0) is 0 Å². The number of aryl methyl sites for hydroxylation is 1. The lowest BCUT2D eigenvalue weighted by atomic mass is 10.3. The van der Waals surface area contributed by atoms with Crippen molar-refractivity contribution in [1.29, 1.82) is 0 Å². The minimum absolute atomic E-state index is 0.264. The Bertz CT molecular complexity index is 727. The van der Waals surface area contributed by atoms with Gasteiger partial charge in [0.2, 0.25) is 0 Å². The van der Waals surface area contributed by atoms with Crippen molar-refractivity contribution in [2.75, 3.05) is 0 Å². The number of rotatable bonds is 1. The molecule has 0 spiro atoms. The van der Waals surface area contributed by atoms with E-state index >= 15 is 0 Å². The third-order valence-electron chi connectivity index (χ3n) is 2.74. The fraction of sp³-hybridized carbons (Fsp3) is 0.0833. The Morgan fingerprint density at radius 3 is 2.71 bits per heavy atom. The first-order chi connectivity index (χ1) is 8.27. The minimum atomic E-state index is -0.264. The van der Waals surface area contributed by atoms with Crippen LogP contribution in [0.2, 0.25) is 0 Å². The molecule has 0 aliphatic rings. The number of hydrogen-bond donors (Lipinski definition) is 1. The number of para-hydroxylation sites is 1. The molecule has 2 heterocycles. The van der Waals surface area contributed by atoms with Crippen molar-refractivity contribution >= 4 is 10.9 Å². The number of nitrogens with one attached hydrogen (secondary N) is 1. The molecule has 1 aromatic carbocycles. The van der Waals surface area contributed by atoms with Gasteiger partial charge in [-0.15, -0.1) is 0 Å². The number of aromatic amines is 1. The van der Waals surface area contributed by atoms with Crippen molar-refractivity contribution in [3.8, 4) is 5.69 Å². The van der Waals surface area contributed by atoms with Gasteiger partial charge >= 0.3 is 0 Å². The summed E-state index contributed by atoms with van der Waals surface area (Å²) in [5.41, 5.74) is 1.99. The molecule has 0 saturated carbocycles. The molecule has 0 atom stereocenters. The highest BCUT2D eigenvalue weighted by Gasteiger charge is 2.11. The van der Waals surface area contributed by atoms with E-state index in [9.17, 15) is 4.79 Å². The van der Waals surface area contributed by atoms with Gasteiger partial charge in [0.15, 0.2) is 5.52 Å². The van der Waals surface area contributed by atoms with Gasteiger partial charge in [-0.3, -0.25) is 4.79 Å². The van der Waals surface area contributed by atoms with Gasteiger partial charge < -0.3 is 0 Å². The van der Waals surface area contributed by atoms with E-state index in [0.29, 0.717) is 5.52 Å². The largest absolute Gasteiger partial charge is 0.292 e. The molecule has 0 fully saturated rings. The van der Waals surface area contributed by atoms with E-state index in [0.717, 1.165) is 16.8 Å². The summed E-state index contributed by atoms with van der Waals surface area (Å²) in [6.07, 6.45) is 1.62. The second-order valence-electron chi connectivity index (χ2n) is 3.79. The molecule has 84 valence electrons. The first-order valence-electron chi connectivity index (χ1n) is 5.26. The van der Waals surface area contributed by atoms with Gasteiger partial charge in [-0.2, -0.15) is 10.2 Å². The van der Waals surface area contributed by atoms with Crippen molar-refractivity contribution in [1.82, 2.24) is 20.0 Å². The molecule has 5 nitrogen and oxygen atoms in total. The van der Waals surface area contributed by atoms with Gasteiger partial charge in [-0.1, -0.05) is 18.2 Å². The maximum atomic E-state index is 11.6. The summed E-state index contributed by atoms with van der Waals surface area (Å²) >= 11 is 0. The molecule has 3 rings (SSSR count). The third kappa shape index (κ3) is 1.44. The van der Waals surface area contributed by atoms with Crippen LogP contribution in [0.4, 0.5) is 0 Å². The minimum Gasteiger partial charge on any atom is -0.265 e. The number of aromatic nitrogens is 4. The Labute approximate surface area is 96.7 Å². The zero-order valence-electron chi connectivity index (χ0n) is 9.21. The smallest absolute Gasteiger partial charge is 0.265 e. The topological polar surface area (TPSA) is 63.6 Å². The lowest BCUT2D eigenvalue weighted by Gasteiger charge is -2.02. The number of hydrogen-bond acceptors (Lipinski definition) is 3. The van der Waals surface area contributed by atoms with Crippen LogP contribution in [0, 0.1) is 6.92 Å². The first kappa shape index (κ1) is 9.77. The molecule has 0 amide bonds. The summed E-state index contributed by atoms with van der Waals surface area (Å²) in [5.74, 6) is 0. The average Bonchev–Trinajstić information content (AvgIpc) is 2.70. The van der Waals surface area contributed by atoms with Crippen LogP contribution in [-0.4, -0.2) is 20.0 Å². The third-order valence-corrected chi connectivity index (χ3v) is 2.74.